The SMILES string of the molecule is CCC(CO)[C@@H](O)CNc1nc(NCC(F)(F)F)nc(C)c1-c1nc2ccccc2o1. The van der Waals surface area contributed by atoms with E-state index in [0.29, 0.717) is 28.8 Å². The summed E-state index contributed by atoms with van der Waals surface area (Å²) in [4.78, 5) is 12.7. The molecule has 0 amide bonds. The molecule has 31 heavy (non-hydrogen) atoms. The first-order valence-corrected chi connectivity index (χ1v) is 9.79. The molecule has 2 atom stereocenters. The number of aryl methyl sites for hydroxylation is 1. The van der Waals surface area contributed by atoms with Crippen LogP contribution in [0.4, 0.5) is 24.9 Å². The number of fused-ring (bicyclic) bond motifs is 1. The molecule has 8 nitrogen and oxygen atoms in total. The number of hydrogen-bond acceptors (Lipinski definition) is 8. The van der Waals surface area contributed by atoms with Crippen LogP contribution in [0.1, 0.15) is 19.0 Å². The predicted molar refractivity (Wildman–Crippen MR) is 110 cm³/mol. The first-order chi connectivity index (χ1) is 14.7. The number of alkyl halides is 3. The fourth-order valence-corrected chi connectivity index (χ4v) is 3.09. The summed E-state index contributed by atoms with van der Waals surface area (Å²) >= 11 is 0. The zero-order chi connectivity index (χ0) is 22.6. The zero-order valence-electron chi connectivity index (χ0n) is 17.1. The second kappa shape index (κ2) is 9.48. The third-order valence-corrected chi connectivity index (χ3v) is 4.83. The van der Waals surface area contributed by atoms with Crippen molar-refractivity contribution in [2.24, 2.45) is 5.92 Å². The maximum atomic E-state index is 12.6. The van der Waals surface area contributed by atoms with Gasteiger partial charge >= 0.3 is 6.18 Å². The highest BCUT2D eigenvalue weighted by atomic mass is 19.4. The largest absolute Gasteiger partial charge is 0.436 e. The Bertz CT molecular complexity index is 988. The van der Waals surface area contributed by atoms with Crippen LogP contribution in [0.2, 0.25) is 0 Å². The number of aliphatic hydroxyl groups is 2. The molecule has 0 aliphatic rings. The summed E-state index contributed by atoms with van der Waals surface area (Å²) in [5.41, 5.74) is 1.86. The van der Waals surface area contributed by atoms with Gasteiger partial charge in [-0.05, 0) is 25.5 Å². The molecule has 0 radical (unpaired) electrons. The number of aliphatic hydroxyl groups excluding tert-OH is 2. The lowest BCUT2D eigenvalue weighted by Gasteiger charge is -2.21. The van der Waals surface area contributed by atoms with E-state index in [1.807, 2.05) is 6.92 Å². The van der Waals surface area contributed by atoms with Crippen molar-refractivity contribution < 1.29 is 27.8 Å². The normalized spacial score (nSPS) is 13.9. The lowest BCUT2D eigenvalue weighted by Crippen LogP contribution is -2.31. The predicted octanol–water partition coefficient (Wildman–Crippen LogP) is 3.36. The third kappa shape index (κ3) is 5.61. The van der Waals surface area contributed by atoms with Crippen molar-refractivity contribution in [3.63, 3.8) is 0 Å². The molecule has 11 heteroatoms. The maximum absolute atomic E-state index is 12.6. The second-order valence-corrected chi connectivity index (χ2v) is 7.11. The van der Waals surface area contributed by atoms with Gasteiger partial charge in [0.1, 0.15) is 23.4 Å². The van der Waals surface area contributed by atoms with E-state index in [-0.39, 0.29) is 36.7 Å². The molecule has 1 aromatic carbocycles. The first kappa shape index (κ1) is 22.8. The third-order valence-electron chi connectivity index (χ3n) is 4.83. The van der Waals surface area contributed by atoms with E-state index in [4.69, 9.17) is 4.42 Å². The Balaban J connectivity index is 1.97. The van der Waals surface area contributed by atoms with Gasteiger partial charge in [0, 0.05) is 19.1 Å². The summed E-state index contributed by atoms with van der Waals surface area (Å²) in [7, 11) is 0. The van der Waals surface area contributed by atoms with E-state index in [1.165, 1.54) is 0 Å². The van der Waals surface area contributed by atoms with Crippen molar-refractivity contribution >= 4 is 22.9 Å². The highest BCUT2D eigenvalue weighted by Gasteiger charge is 2.28. The number of benzene rings is 1. The fraction of sp³-hybridized carbons (Fsp3) is 0.450. The van der Waals surface area contributed by atoms with E-state index in [0.717, 1.165) is 0 Å². The number of aromatic nitrogens is 3. The summed E-state index contributed by atoms with van der Waals surface area (Å²) in [6, 6.07) is 7.10. The Morgan fingerprint density at radius 2 is 1.87 bits per heavy atom. The summed E-state index contributed by atoms with van der Waals surface area (Å²) in [5, 5.41) is 24.8. The molecule has 1 unspecified atom stereocenters. The number of para-hydroxylation sites is 2. The lowest BCUT2D eigenvalue weighted by molar-refractivity contribution is -0.115. The smallest absolute Gasteiger partial charge is 0.405 e. The van der Waals surface area contributed by atoms with Crippen LogP contribution in [0.25, 0.3) is 22.6 Å². The first-order valence-electron chi connectivity index (χ1n) is 9.79. The van der Waals surface area contributed by atoms with Crippen LogP contribution in [0, 0.1) is 12.8 Å². The summed E-state index contributed by atoms with van der Waals surface area (Å²) in [6.45, 7) is 1.97. The van der Waals surface area contributed by atoms with Gasteiger partial charge in [-0.3, -0.25) is 0 Å². The molecule has 0 fully saturated rings. The van der Waals surface area contributed by atoms with Crippen LogP contribution in [0.5, 0.6) is 0 Å². The number of anilines is 2. The lowest BCUT2D eigenvalue weighted by atomic mass is 10.0. The standard InChI is InChI=1S/C20H24F3N5O3/c1-3-12(9-29)14(30)8-24-17-16(18-27-13-6-4-5-7-15(13)31-18)11(2)26-19(28-17)25-10-20(21,22)23/h4-7,12,14,29-30H,3,8-10H2,1-2H3,(H2,24,25,26,28)/t12?,14-/m0/s1. The fourth-order valence-electron chi connectivity index (χ4n) is 3.09. The number of hydrogen-bond donors (Lipinski definition) is 4. The van der Waals surface area contributed by atoms with E-state index < -0.39 is 18.8 Å². The Morgan fingerprint density at radius 3 is 2.52 bits per heavy atom. The van der Waals surface area contributed by atoms with Crippen LogP contribution in [0.15, 0.2) is 28.7 Å². The van der Waals surface area contributed by atoms with E-state index in [1.54, 1.807) is 31.2 Å². The molecular weight excluding hydrogens is 415 g/mol. The second-order valence-electron chi connectivity index (χ2n) is 7.11. The average molecular weight is 439 g/mol. The minimum Gasteiger partial charge on any atom is -0.436 e. The van der Waals surface area contributed by atoms with Crippen molar-refractivity contribution in [2.75, 3.05) is 30.3 Å². The molecule has 4 N–H and O–H groups in total. The summed E-state index contributed by atoms with van der Waals surface area (Å²) < 4.78 is 43.6. The van der Waals surface area contributed by atoms with Gasteiger partial charge in [-0.1, -0.05) is 19.1 Å². The highest BCUT2D eigenvalue weighted by Crippen LogP contribution is 2.32. The molecule has 0 spiro atoms. The van der Waals surface area contributed by atoms with Gasteiger partial charge in [-0.2, -0.15) is 18.2 Å². The molecule has 168 valence electrons. The van der Waals surface area contributed by atoms with Gasteiger partial charge in [0.05, 0.1) is 11.8 Å². The Kier molecular flexibility index (Phi) is 6.96. The molecule has 0 aliphatic carbocycles. The van der Waals surface area contributed by atoms with Gasteiger partial charge in [0.15, 0.2) is 5.58 Å². The molecule has 2 aromatic heterocycles. The Hall–Kier alpha value is -2.92. The minimum atomic E-state index is -4.44. The van der Waals surface area contributed by atoms with Crippen LogP contribution in [0.3, 0.4) is 0 Å². The highest BCUT2D eigenvalue weighted by molar-refractivity contribution is 5.80. The van der Waals surface area contributed by atoms with Crippen LogP contribution >= 0.6 is 0 Å². The number of nitrogens with one attached hydrogen (secondary N) is 2. The molecular formula is C20H24F3N5O3. The van der Waals surface area contributed by atoms with Crippen LogP contribution in [-0.4, -0.2) is 57.1 Å². The molecule has 0 saturated carbocycles. The molecule has 3 aromatic rings. The van der Waals surface area contributed by atoms with Crippen molar-refractivity contribution in [3.8, 4) is 11.5 Å². The molecule has 0 saturated heterocycles. The maximum Gasteiger partial charge on any atom is 0.405 e. The number of halogens is 3. The molecule has 0 aliphatic heterocycles. The van der Waals surface area contributed by atoms with Crippen LogP contribution in [-0.2, 0) is 0 Å². The van der Waals surface area contributed by atoms with Gasteiger partial charge < -0.3 is 25.3 Å². The van der Waals surface area contributed by atoms with E-state index in [2.05, 4.69) is 25.6 Å². The molecule has 0 bridgehead atoms. The van der Waals surface area contributed by atoms with Gasteiger partial charge in [-0.25, -0.2) is 9.97 Å². The number of nitrogens with zero attached hydrogens (tertiary/aromatic N) is 3. The molecule has 2 heterocycles. The van der Waals surface area contributed by atoms with E-state index >= 15 is 0 Å². The van der Waals surface area contributed by atoms with Crippen LogP contribution < -0.4 is 10.6 Å². The Labute approximate surface area is 176 Å². The van der Waals surface area contributed by atoms with Gasteiger partial charge in [0.2, 0.25) is 11.8 Å². The average Bonchev–Trinajstić information content (AvgIpc) is 3.14. The van der Waals surface area contributed by atoms with Crippen molar-refractivity contribution in [3.05, 3.63) is 30.0 Å². The van der Waals surface area contributed by atoms with Crippen molar-refractivity contribution in [1.82, 2.24) is 15.0 Å². The monoisotopic (exact) mass is 439 g/mol. The van der Waals surface area contributed by atoms with Crippen molar-refractivity contribution in [1.29, 1.82) is 0 Å². The number of rotatable bonds is 9. The van der Waals surface area contributed by atoms with E-state index in [9.17, 15) is 23.4 Å². The quantitative estimate of drug-likeness (QED) is 0.401. The topological polar surface area (TPSA) is 116 Å². The van der Waals surface area contributed by atoms with Gasteiger partial charge in [0.25, 0.3) is 0 Å². The summed E-state index contributed by atoms with van der Waals surface area (Å²) in [5.74, 6) is -0.213. The minimum absolute atomic E-state index is 0.0153. The van der Waals surface area contributed by atoms with Crippen molar-refractivity contribution in [2.45, 2.75) is 32.5 Å². The molecule has 3 rings (SSSR count). The zero-order valence-corrected chi connectivity index (χ0v) is 17.1. The van der Waals surface area contributed by atoms with Gasteiger partial charge in [-0.15, -0.1) is 0 Å². The summed E-state index contributed by atoms with van der Waals surface area (Å²) in [6.07, 6.45) is -4.78. The number of oxazole rings is 1. The Morgan fingerprint density at radius 1 is 1.13 bits per heavy atom.